The van der Waals surface area contributed by atoms with E-state index in [9.17, 15) is 4.79 Å². The van der Waals surface area contributed by atoms with Crippen LogP contribution in [-0.2, 0) is 17.8 Å². The number of fused-ring (bicyclic) bond motifs is 1. The summed E-state index contributed by atoms with van der Waals surface area (Å²) in [4.78, 5) is 18.5. The first-order chi connectivity index (χ1) is 11.7. The molecular weight excluding hydrogens is 360 g/mol. The number of hydrogen-bond donors (Lipinski definition) is 0. The fourth-order valence-electron chi connectivity index (χ4n) is 2.37. The first kappa shape index (κ1) is 17.3. The Morgan fingerprint density at radius 1 is 1.38 bits per heavy atom. The molecule has 2 aromatic heterocycles. The molecule has 0 aliphatic carbocycles. The molecule has 0 unspecified atom stereocenters. The number of aryl methyl sites for hydroxylation is 1. The number of aromatic nitrogens is 1. The molecular formula is C17H18N2O2S3. The minimum absolute atomic E-state index is 0.103. The SMILES string of the molecule is COc1ccc2sc(=NC(=O)Cc3cccs3)n(CCSC)c2c1. The third-order valence-corrected chi connectivity index (χ3v) is 6.06. The van der Waals surface area contributed by atoms with Crippen LogP contribution in [0.5, 0.6) is 5.75 Å². The van der Waals surface area contributed by atoms with Crippen molar-refractivity contribution in [3.05, 3.63) is 45.4 Å². The van der Waals surface area contributed by atoms with E-state index in [-0.39, 0.29) is 5.91 Å². The summed E-state index contributed by atoms with van der Waals surface area (Å²) in [6, 6.07) is 9.90. The van der Waals surface area contributed by atoms with Gasteiger partial charge in [0.2, 0.25) is 0 Å². The molecule has 1 amide bonds. The highest BCUT2D eigenvalue weighted by molar-refractivity contribution is 7.98. The first-order valence-corrected chi connectivity index (χ1v) is 10.6. The lowest BCUT2D eigenvalue weighted by molar-refractivity contribution is -0.117. The van der Waals surface area contributed by atoms with E-state index in [2.05, 4.69) is 15.8 Å². The lowest BCUT2D eigenvalue weighted by atomic mass is 10.3. The Kier molecular flexibility index (Phi) is 5.76. The average molecular weight is 379 g/mol. The molecule has 0 aliphatic heterocycles. The van der Waals surface area contributed by atoms with E-state index in [0.717, 1.165) is 37.9 Å². The van der Waals surface area contributed by atoms with Crippen molar-refractivity contribution >= 4 is 50.6 Å². The van der Waals surface area contributed by atoms with Gasteiger partial charge in [0.05, 0.1) is 23.7 Å². The third kappa shape index (κ3) is 3.91. The summed E-state index contributed by atoms with van der Waals surface area (Å²) in [5.41, 5.74) is 1.07. The number of thioether (sulfide) groups is 1. The number of rotatable bonds is 6. The molecule has 0 radical (unpaired) electrons. The number of methoxy groups -OCH3 is 1. The topological polar surface area (TPSA) is 43.6 Å². The van der Waals surface area contributed by atoms with Gasteiger partial charge in [-0.2, -0.15) is 16.8 Å². The summed E-state index contributed by atoms with van der Waals surface area (Å²) in [7, 11) is 1.66. The van der Waals surface area contributed by atoms with E-state index in [1.807, 2.05) is 35.7 Å². The maximum atomic E-state index is 12.3. The molecule has 126 valence electrons. The van der Waals surface area contributed by atoms with E-state index in [1.165, 1.54) is 0 Å². The van der Waals surface area contributed by atoms with Gasteiger partial charge in [-0.3, -0.25) is 4.79 Å². The molecule has 1 aromatic carbocycles. The van der Waals surface area contributed by atoms with Gasteiger partial charge in [-0.05, 0) is 29.8 Å². The van der Waals surface area contributed by atoms with Crippen LogP contribution in [0.3, 0.4) is 0 Å². The Labute approximate surface area is 152 Å². The number of thiazole rings is 1. The van der Waals surface area contributed by atoms with Crippen molar-refractivity contribution in [2.75, 3.05) is 19.1 Å². The van der Waals surface area contributed by atoms with Crippen LogP contribution in [0.25, 0.3) is 10.2 Å². The standard InChI is InChI=1S/C17H18N2O2S3/c1-21-12-5-6-15-14(10-12)19(7-9-22-2)17(24-15)18-16(20)11-13-4-3-8-23-13/h3-6,8,10H,7,9,11H2,1-2H3. The molecule has 7 heteroatoms. The van der Waals surface area contributed by atoms with E-state index in [4.69, 9.17) is 4.74 Å². The van der Waals surface area contributed by atoms with Gasteiger partial charge in [0.25, 0.3) is 5.91 Å². The number of hydrogen-bond acceptors (Lipinski definition) is 5. The van der Waals surface area contributed by atoms with Gasteiger partial charge >= 0.3 is 0 Å². The summed E-state index contributed by atoms with van der Waals surface area (Å²) in [6.45, 7) is 0.819. The maximum Gasteiger partial charge on any atom is 0.253 e. The van der Waals surface area contributed by atoms with Crippen LogP contribution < -0.4 is 9.54 Å². The van der Waals surface area contributed by atoms with Gasteiger partial charge in [-0.15, -0.1) is 11.3 Å². The van der Waals surface area contributed by atoms with Crippen LogP contribution in [0.1, 0.15) is 4.88 Å². The number of carbonyl (C=O) groups is 1. The second-order valence-electron chi connectivity index (χ2n) is 5.12. The Bertz CT molecular complexity index is 894. The fourth-order valence-corrected chi connectivity index (χ4v) is 4.48. The van der Waals surface area contributed by atoms with Gasteiger partial charge < -0.3 is 9.30 Å². The van der Waals surface area contributed by atoms with E-state index in [0.29, 0.717) is 6.42 Å². The monoisotopic (exact) mass is 378 g/mol. The Hall–Kier alpha value is -1.57. The van der Waals surface area contributed by atoms with Crippen LogP contribution in [0.4, 0.5) is 0 Å². The number of thiophene rings is 1. The Morgan fingerprint density at radius 2 is 2.25 bits per heavy atom. The number of carbonyl (C=O) groups excluding carboxylic acids is 1. The molecule has 0 saturated heterocycles. The van der Waals surface area contributed by atoms with Gasteiger partial charge in [-0.1, -0.05) is 17.4 Å². The molecule has 3 rings (SSSR count). The predicted molar refractivity (Wildman–Crippen MR) is 103 cm³/mol. The highest BCUT2D eigenvalue weighted by Gasteiger charge is 2.10. The minimum Gasteiger partial charge on any atom is -0.497 e. The zero-order valence-electron chi connectivity index (χ0n) is 13.5. The summed E-state index contributed by atoms with van der Waals surface area (Å²) in [5, 5.41) is 1.98. The molecule has 0 bridgehead atoms. The lowest BCUT2D eigenvalue weighted by Gasteiger charge is -2.05. The highest BCUT2D eigenvalue weighted by atomic mass is 32.2. The van der Waals surface area contributed by atoms with Crippen LogP contribution in [0, 0.1) is 0 Å². The second kappa shape index (κ2) is 8.00. The molecule has 0 N–H and O–H groups in total. The molecule has 4 nitrogen and oxygen atoms in total. The minimum atomic E-state index is -0.103. The maximum absolute atomic E-state index is 12.3. The zero-order valence-corrected chi connectivity index (χ0v) is 16.0. The highest BCUT2D eigenvalue weighted by Crippen LogP contribution is 2.23. The van der Waals surface area contributed by atoms with Crippen molar-refractivity contribution in [1.82, 2.24) is 4.57 Å². The van der Waals surface area contributed by atoms with Crippen molar-refractivity contribution in [2.24, 2.45) is 4.99 Å². The number of amides is 1. The summed E-state index contributed by atoms with van der Waals surface area (Å²) in [5.74, 6) is 1.68. The van der Waals surface area contributed by atoms with Crippen LogP contribution in [-0.4, -0.2) is 29.6 Å². The molecule has 0 fully saturated rings. The van der Waals surface area contributed by atoms with E-state index < -0.39 is 0 Å². The van der Waals surface area contributed by atoms with Gasteiger partial charge in [0.1, 0.15) is 5.75 Å². The third-order valence-electron chi connectivity index (χ3n) is 3.53. The van der Waals surface area contributed by atoms with Crippen LogP contribution in [0.15, 0.2) is 40.7 Å². The first-order valence-electron chi connectivity index (χ1n) is 7.47. The largest absolute Gasteiger partial charge is 0.497 e. The smallest absolute Gasteiger partial charge is 0.253 e. The van der Waals surface area contributed by atoms with Crippen molar-refractivity contribution in [3.63, 3.8) is 0 Å². The van der Waals surface area contributed by atoms with Crippen LogP contribution >= 0.6 is 34.4 Å². The van der Waals surface area contributed by atoms with Crippen LogP contribution in [0.2, 0.25) is 0 Å². The molecule has 3 aromatic rings. The second-order valence-corrected chi connectivity index (χ2v) is 8.15. The average Bonchev–Trinajstić information content (AvgIpc) is 3.19. The molecule has 0 aliphatic rings. The fraction of sp³-hybridized carbons (Fsp3) is 0.294. The van der Waals surface area contributed by atoms with Crippen molar-refractivity contribution in [3.8, 4) is 5.75 Å². The Balaban J connectivity index is 2.01. The molecule has 0 atom stereocenters. The quantitative estimate of drug-likeness (QED) is 0.655. The number of benzene rings is 1. The van der Waals surface area contributed by atoms with Crippen molar-refractivity contribution in [2.45, 2.75) is 13.0 Å². The van der Waals surface area contributed by atoms with Gasteiger partial charge in [-0.25, -0.2) is 0 Å². The zero-order chi connectivity index (χ0) is 16.9. The summed E-state index contributed by atoms with van der Waals surface area (Å²) < 4.78 is 8.56. The summed E-state index contributed by atoms with van der Waals surface area (Å²) >= 11 is 4.91. The lowest BCUT2D eigenvalue weighted by Crippen LogP contribution is -2.18. The van der Waals surface area contributed by atoms with Crippen molar-refractivity contribution < 1.29 is 9.53 Å². The summed E-state index contributed by atoms with van der Waals surface area (Å²) in [6.07, 6.45) is 2.44. The molecule has 24 heavy (non-hydrogen) atoms. The molecule has 0 spiro atoms. The predicted octanol–water partition coefficient (Wildman–Crippen LogP) is 3.81. The van der Waals surface area contributed by atoms with E-state index in [1.54, 1.807) is 41.5 Å². The Morgan fingerprint density at radius 3 is 2.96 bits per heavy atom. The number of ether oxygens (including phenoxy) is 1. The molecule has 2 heterocycles. The normalized spacial score (nSPS) is 12.0. The van der Waals surface area contributed by atoms with Crippen molar-refractivity contribution in [1.29, 1.82) is 0 Å². The van der Waals surface area contributed by atoms with E-state index >= 15 is 0 Å². The number of nitrogens with zero attached hydrogens (tertiary/aromatic N) is 2. The van der Waals surface area contributed by atoms with Gasteiger partial charge in [0, 0.05) is 23.2 Å². The van der Waals surface area contributed by atoms with Gasteiger partial charge in [0.15, 0.2) is 4.80 Å². The molecule has 0 saturated carbocycles.